The van der Waals surface area contributed by atoms with Crippen LogP contribution in [0.4, 0.5) is 5.69 Å². The summed E-state index contributed by atoms with van der Waals surface area (Å²) in [6.45, 7) is 6.44. The van der Waals surface area contributed by atoms with Crippen LogP contribution in [0, 0.1) is 0 Å². The Hall–Kier alpha value is -3.02. The third-order valence-corrected chi connectivity index (χ3v) is 8.28. The largest absolute Gasteiger partial charge is 0.368 e. The normalized spacial score (nSPS) is 16.9. The van der Waals surface area contributed by atoms with E-state index in [1.165, 1.54) is 51.5 Å². The van der Waals surface area contributed by atoms with E-state index in [4.69, 9.17) is 5.73 Å². The fourth-order valence-electron chi connectivity index (χ4n) is 6.55. The molecule has 1 amide bonds. The van der Waals surface area contributed by atoms with Gasteiger partial charge in [-0.15, -0.1) is 12.4 Å². The van der Waals surface area contributed by atoms with Gasteiger partial charge in [0.1, 0.15) is 0 Å². The van der Waals surface area contributed by atoms with Gasteiger partial charge in [0, 0.05) is 59.4 Å². The molecule has 0 saturated carbocycles. The van der Waals surface area contributed by atoms with Crippen LogP contribution in [0.25, 0.3) is 21.7 Å². The topological polar surface area (TPSA) is 54.5 Å². The highest BCUT2D eigenvalue weighted by molar-refractivity contribution is 5.98. The summed E-state index contributed by atoms with van der Waals surface area (Å²) in [6, 6.07) is 21.5. The van der Waals surface area contributed by atoms with Crippen molar-refractivity contribution in [2.45, 2.75) is 51.6 Å². The lowest BCUT2D eigenvalue weighted by atomic mass is 9.95. The van der Waals surface area contributed by atoms with Crippen LogP contribution >= 0.6 is 12.4 Å². The number of benzene rings is 3. The highest BCUT2D eigenvalue weighted by Crippen LogP contribution is 2.38. The molecule has 3 aromatic carbocycles. The zero-order valence-electron chi connectivity index (χ0n) is 21.7. The number of hydrogen-bond acceptors (Lipinski definition) is 3. The van der Waals surface area contributed by atoms with E-state index in [9.17, 15) is 4.79 Å². The smallest absolute Gasteiger partial charge is 0.248 e. The number of carbonyl (C=O) groups excluding carboxylic acids is 1. The predicted octanol–water partition coefficient (Wildman–Crippen LogP) is 6.31. The maximum absolute atomic E-state index is 11.9. The Bertz CT molecular complexity index is 1410. The van der Waals surface area contributed by atoms with Crippen molar-refractivity contribution in [1.29, 1.82) is 0 Å². The Morgan fingerprint density at radius 2 is 1.68 bits per heavy atom. The zero-order chi connectivity index (χ0) is 24.6. The number of primary amides is 1. The quantitative estimate of drug-likeness (QED) is 0.326. The number of aromatic nitrogens is 1. The summed E-state index contributed by atoms with van der Waals surface area (Å²) in [6.07, 6.45) is 7.27. The molecule has 5 nitrogen and oxygen atoms in total. The molecule has 1 atom stereocenters. The lowest BCUT2D eigenvalue weighted by Crippen LogP contribution is -2.49. The number of aryl methyl sites for hydroxylation is 1. The average Bonchev–Trinajstić information content (AvgIpc) is 3.25. The molecule has 1 unspecified atom stereocenters. The zero-order valence-corrected chi connectivity index (χ0v) is 22.5. The molecule has 2 heterocycles. The number of nitrogens with zero attached hydrogens (tertiary/aromatic N) is 3. The van der Waals surface area contributed by atoms with E-state index >= 15 is 0 Å². The standard InChI is InChI=1S/C31H36N4O.ClH/c1-2-8-30(34-19-17-33(18-20-34)27-14-7-10-22-9-3-4-11-24(22)27)35-28-13-6-5-12-25(28)26-21-23(31(32)36)15-16-29(26)35;/h3-4,7,9-11,14-16,21,30H,2,5-6,8,12-13,17-20H2,1H3,(H2,32,36);1H. The van der Waals surface area contributed by atoms with Crippen LogP contribution in [0.1, 0.15) is 60.4 Å². The van der Waals surface area contributed by atoms with Crippen molar-refractivity contribution in [3.05, 3.63) is 77.5 Å². The summed E-state index contributed by atoms with van der Waals surface area (Å²) in [4.78, 5) is 17.2. The molecule has 1 aliphatic carbocycles. The van der Waals surface area contributed by atoms with Crippen molar-refractivity contribution in [3.63, 3.8) is 0 Å². The summed E-state index contributed by atoms with van der Waals surface area (Å²) in [7, 11) is 0. The molecule has 6 rings (SSSR count). The lowest BCUT2D eigenvalue weighted by molar-refractivity contribution is 0.100. The van der Waals surface area contributed by atoms with E-state index in [0.29, 0.717) is 11.7 Å². The van der Waals surface area contributed by atoms with Crippen LogP contribution in [-0.2, 0) is 12.8 Å². The van der Waals surface area contributed by atoms with Gasteiger partial charge in [0.15, 0.2) is 0 Å². The van der Waals surface area contributed by atoms with Gasteiger partial charge in [-0.3, -0.25) is 9.69 Å². The van der Waals surface area contributed by atoms with Gasteiger partial charge in [0.05, 0.1) is 6.17 Å². The van der Waals surface area contributed by atoms with E-state index in [0.717, 1.165) is 51.9 Å². The maximum atomic E-state index is 11.9. The van der Waals surface area contributed by atoms with Crippen molar-refractivity contribution in [2.75, 3.05) is 31.1 Å². The number of rotatable bonds is 6. The van der Waals surface area contributed by atoms with Gasteiger partial charge >= 0.3 is 0 Å². The first kappa shape index (κ1) is 25.6. The maximum Gasteiger partial charge on any atom is 0.248 e. The molecule has 6 heteroatoms. The van der Waals surface area contributed by atoms with Gasteiger partial charge in [-0.2, -0.15) is 0 Å². The molecular weight excluding hydrogens is 480 g/mol. The van der Waals surface area contributed by atoms with Crippen LogP contribution in [0.15, 0.2) is 60.7 Å². The molecule has 2 N–H and O–H groups in total. The summed E-state index contributed by atoms with van der Waals surface area (Å²) in [5, 5.41) is 3.88. The van der Waals surface area contributed by atoms with Gasteiger partial charge in [-0.05, 0) is 67.3 Å². The van der Waals surface area contributed by atoms with Gasteiger partial charge in [-0.25, -0.2) is 0 Å². The lowest BCUT2D eigenvalue weighted by Gasteiger charge is -2.42. The second-order valence-corrected chi connectivity index (χ2v) is 10.4. The van der Waals surface area contributed by atoms with Crippen molar-refractivity contribution >= 4 is 45.7 Å². The Labute approximate surface area is 225 Å². The molecule has 1 saturated heterocycles. The Morgan fingerprint density at radius 3 is 2.46 bits per heavy atom. The molecule has 1 aromatic heterocycles. The average molecular weight is 517 g/mol. The van der Waals surface area contributed by atoms with Crippen LogP contribution < -0.4 is 10.6 Å². The minimum atomic E-state index is -0.344. The van der Waals surface area contributed by atoms with Gasteiger partial charge in [0.25, 0.3) is 0 Å². The summed E-state index contributed by atoms with van der Waals surface area (Å²) in [5.74, 6) is -0.344. The number of piperazine rings is 1. The summed E-state index contributed by atoms with van der Waals surface area (Å²) < 4.78 is 2.63. The number of halogens is 1. The second kappa shape index (κ2) is 10.8. The number of carbonyl (C=O) groups is 1. The summed E-state index contributed by atoms with van der Waals surface area (Å²) >= 11 is 0. The monoisotopic (exact) mass is 516 g/mol. The molecule has 0 spiro atoms. The predicted molar refractivity (Wildman–Crippen MR) is 156 cm³/mol. The number of nitrogens with two attached hydrogens (primary N) is 1. The minimum absolute atomic E-state index is 0. The van der Waals surface area contributed by atoms with Crippen molar-refractivity contribution < 1.29 is 4.79 Å². The van der Waals surface area contributed by atoms with E-state index in [1.54, 1.807) is 0 Å². The molecule has 1 fully saturated rings. The van der Waals surface area contributed by atoms with Gasteiger partial charge in [0.2, 0.25) is 5.91 Å². The fraction of sp³-hybridized carbons (Fsp3) is 0.387. The van der Waals surface area contributed by atoms with E-state index < -0.39 is 0 Å². The van der Waals surface area contributed by atoms with Crippen molar-refractivity contribution in [3.8, 4) is 0 Å². The van der Waals surface area contributed by atoms with Crippen LogP contribution in [0.3, 0.4) is 0 Å². The molecule has 194 valence electrons. The highest BCUT2D eigenvalue weighted by atomic mass is 35.5. The first-order chi connectivity index (χ1) is 17.7. The second-order valence-electron chi connectivity index (χ2n) is 10.4. The van der Waals surface area contributed by atoms with Crippen molar-refractivity contribution in [1.82, 2.24) is 9.47 Å². The first-order valence-corrected chi connectivity index (χ1v) is 13.6. The van der Waals surface area contributed by atoms with E-state index in [1.807, 2.05) is 12.1 Å². The number of hydrogen-bond donors (Lipinski definition) is 1. The van der Waals surface area contributed by atoms with E-state index in [-0.39, 0.29) is 18.3 Å². The number of anilines is 1. The van der Waals surface area contributed by atoms with E-state index in [2.05, 4.69) is 69.8 Å². The Morgan fingerprint density at radius 1 is 0.919 bits per heavy atom. The molecular formula is C31H37ClN4O. The highest BCUT2D eigenvalue weighted by Gasteiger charge is 2.30. The Kier molecular flexibility index (Phi) is 7.45. The van der Waals surface area contributed by atoms with Gasteiger partial charge < -0.3 is 15.2 Å². The molecule has 0 radical (unpaired) electrons. The first-order valence-electron chi connectivity index (χ1n) is 13.6. The molecule has 2 aliphatic rings. The third kappa shape index (κ3) is 4.60. The number of fused-ring (bicyclic) bond motifs is 4. The molecule has 0 bridgehead atoms. The summed E-state index contributed by atoms with van der Waals surface area (Å²) in [5.41, 5.74) is 11.8. The molecule has 37 heavy (non-hydrogen) atoms. The molecule has 4 aromatic rings. The third-order valence-electron chi connectivity index (χ3n) is 8.28. The minimum Gasteiger partial charge on any atom is -0.368 e. The SMILES string of the molecule is CCCC(N1CCN(c2cccc3ccccc23)CC1)n1c2c(c3cc(C(N)=O)ccc31)CCCC2.Cl. The van der Waals surface area contributed by atoms with Crippen LogP contribution in [-0.4, -0.2) is 41.6 Å². The fourth-order valence-corrected chi connectivity index (χ4v) is 6.55. The number of amides is 1. The molecule has 1 aliphatic heterocycles. The van der Waals surface area contributed by atoms with Crippen LogP contribution in [0.5, 0.6) is 0 Å². The van der Waals surface area contributed by atoms with Crippen LogP contribution in [0.2, 0.25) is 0 Å². The van der Waals surface area contributed by atoms with Gasteiger partial charge in [-0.1, -0.05) is 49.7 Å². The Balaban J connectivity index is 0.00000280. The van der Waals surface area contributed by atoms with Crippen molar-refractivity contribution in [2.24, 2.45) is 5.73 Å².